The predicted molar refractivity (Wildman–Crippen MR) is 33.3 cm³/mol. The van der Waals surface area contributed by atoms with Gasteiger partial charge in [0.05, 0.1) is 5.25 Å². The van der Waals surface area contributed by atoms with Crippen LogP contribution in [-0.2, 0) is 4.79 Å². The third-order valence-corrected chi connectivity index (χ3v) is 1.69. The molecule has 1 amide bonds. The normalized spacial score (nSPS) is 29.5. The number of nitrogens with two attached hydrogens (primary N) is 1. The molecule has 46 valence electrons. The third kappa shape index (κ3) is 0.809. The lowest BCUT2D eigenvalue weighted by atomic mass is 10.4. The van der Waals surface area contributed by atoms with Crippen molar-refractivity contribution in [1.29, 1.82) is 0 Å². The van der Waals surface area contributed by atoms with Gasteiger partial charge < -0.3 is 0 Å². The summed E-state index contributed by atoms with van der Waals surface area (Å²) < 4.78 is 0. The first-order chi connectivity index (χ1) is 3.72. The third-order valence-electron chi connectivity index (χ3n) is 1.21. The Morgan fingerprint density at radius 2 is 2.50 bits per heavy atom. The molecule has 2 N–H and O–H groups in total. The van der Waals surface area contributed by atoms with Crippen LogP contribution < -0.4 is 5.84 Å². The Morgan fingerprint density at radius 1 is 1.88 bits per heavy atom. The molecular formula is C4H8N2OS. The molecule has 4 heteroatoms. The molecule has 1 aliphatic rings. The van der Waals surface area contributed by atoms with Crippen LogP contribution >= 0.6 is 12.6 Å². The summed E-state index contributed by atoms with van der Waals surface area (Å²) in [6.45, 7) is 0.646. The van der Waals surface area contributed by atoms with Crippen LogP contribution in [0.3, 0.4) is 0 Å². The van der Waals surface area contributed by atoms with E-state index in [-0.39, 0.29) is 11.2 Å². The van der Waals surface area contributed by atoms with Crippen LogP contribution in [0, 0.1) is 0 Å². The van der Waals surface area contributed by atoms with Crippen molar-refractivity contribution in [2.24, 2.45) is 5.84 Å². The number of amides is 1. The quantitative estimate of drug-likeness (QED) is 0.262. The monoisotopic (exact) mass is 132 g/mol. The summed E-state index contributed by atoms with van der Waals surface area (Å²) >= 11 is 3.98. The lowest BCUT2D eigenvalue weighted by Crippen LogP contribution is -2.33. The number of hydrogen-bond donors (Lipinski definition) is 2. The zero-order chi connectivity index (χ0) is 6.15. The van der Waals surface area contributed by atoms with Gasteiger partial charge in [-0.05, 0) is 6.42 Å². The van der Waals surface area contributed by atoms with Gasteiger partial charge in [-0.2, -0.15) is 12.6 Å². The van der Waals surface area contributed by atoms with Gasteiger partial charge in [-0.15, -0.1) is 0 Å². The number of nitrogens with zero attached hydrogens (tertiary/aromatic N) is 1. The van der Waals surface area contributed by atoms with Gasteiger partial charge in [0.2, 0.25) is 5.91 Å². The van der Waals surface area contributed by atoms with Crippen LogP contribution in [0.15, 0.2) is 0 Å². The van der Waals surface area contributed by atoms with E-state index in [2.05, 4.69) is 12.6 Å². The molecule has 1 rings (SSSR count). The summed E-state index contributed by atoms with van der Waals surface area (Å²) in [5, 5.41) is 1.05. The lowest BCUT2D eigenvalue weighted by Gasteiger charge is -2.04. The van der Waals surface area contributed by atoms with E-state index in [0.717, 1.165) is 6.42 Å². The minimum Gasteiger partial charge on any atom is -0.280 e. The Labute approximate surface area is 53.2 Å². The van der Waals surface area contributed by atoms with E-state index >= 15 is 0 Å². The van der Waals surface area contributed by atoms with Crippen molar-refractivity contribution >= 4 is 18.5 Å². The van der Waals surface area contributed by atoms with Crippen molar-refractivity contribution in [3.8, 4) is 0 Å². The molecule has 0 aromatic heterocycles. The molecular weight excluding hydrogens is 124 g/mol. The summed E-state index contributed by atoms with van der Waals surface area (Å²) in [6.07, 6.45) is 0.776. The fourth-order valence-corrected chi connectivity index (χ4v) is 0.950. The Balaban J connectivity index is 2.57. The standard InChI is InChI=1S/C4H8N2OS/c5-6-2-1-3(8)4(6)7/h3,8H,1-2,5H2. The molecule has 0 bridgehead atoms. The van der Waals surface area contributed by atoms with E-state index in [4.69, 9.17) is 5.84 Å². The van der Waals surface area contributed by atoms with E-state index < -0.39 is 0 Å². The zero-order valence-corrected chi connectivity index (χ0v) is 5.27. The first-order valence-electron chi connectivity index (χ1n) is 2.46. The Bertz CT molecular complexity index is 105. The van der Waals surface area contributed by atoms with Gasteiger partial charge in [0.25, 0.3) is 0 Å². The van der Waals surface area contributed by atoms with Crippen molar-refractivity contribution < 1.29 is 4.79 Å². The van der Waals surface area contributed by atoms with Crippen molar-refractivity contribution in [2.45, 2.75) is 11.7 Å². The number of carbonyl (C=O) groups excluding carboxylic acids is 1. The SMILES string of the molecule is NN1CCC(S)C1=O. The fourth-order valence-electron chi connectivity index (χ4n) is 0.686. The second-order valence-electron chi connectivity index (χ2n) is 1.84. The minimum absolute atomic E-state index is 0.0617. The van der Waals surface area contributed by atoms with Crippen LogP contribution in [0.1, 0.15) is 6.42 Å². The van der Waals surface area contributed by atoms with Gasteiger partial charge in [-0.1, -0.05) is 0 Å². The molecule has 8 heavy (non-hydrogen) atoms. The second kappa shape index (κ2) is 1.95. The van der Waals surface area contributed by atoms with E-state index in [1.807, 2.05) is 0 Å². The summed E-state index contributed by atoms with van der Waals surface area (Å²) in [6, 6.07) is 0. The molecule has 0 aromatic rings. The summed E-state index contributed by atoms with van der Waals surface area (Å²) in [5.74, 6) is 5.14. The number of hydrogen-bond acceptors (Lipinski definition) is 3. The molecule has 1 atom stereocenters. The van der Waals surface area contributed by atoms with Crippen molar-refractivity contribution in [3.63, 3.8) is 0 Å². The smallest absolute Gasteiger partial charge is 0.249 e. The van der Waals surface area contributed by atoms with Crippen LogP contribution in [0.5, 0.6) is 0 Å². The van der Waals surface area contributed by atoms with Gasteiger partial charge in [0.15, 0.2) is 0 Å². The van der Waals surface area contributed by atoms with Crippen molar-refractivity contribution in [3.05, 3.63) is 0 Å². The van der Waals surface area contributed by atoms with E-state index in [0.29, 0.717) is 6.54 Å². The van der Waals surface area contributed by atoms with Gasteiger partial charge in [-0.3, -0.25) is 9.80 Å². The van der Waals surface area contributed by atoms with Gasteiger partial charge in [-0.25, -0.2) is 5.84 Å². The maximum atomic E-state index is 10.6. The highest BCUT2D eigenvalue weighted by atomic mass is 32.1. The number of rotatable bonds is 0. The largest absolute Gasteiger partial charge is 0.280 e. The molecule has 1 heterocycles. The number of thiol groups is 1. The zero-order valence-electron chi connectivity index (χ0n) is 4.37. The summed E-state index contributed by atoms with van der Waals surface area (Å²) in [4.78, 5) is 10.6. The molecule has 1 unspecified atom stereocenters. The topological polar surface area (TPSA) is 46.3 Å². The first kappa shape index (κ1) is 5.91. The van der Waals surface area contributed by atoms with E-state index in [9.17, 15) is 4.79 Å². The second-order valence-corrected chi connectivity index (χ2v) is 2.46. The molecule has 0 spiro atoms. The highest BCUT2D eigenvalue weighted by molar-refractivity contribution is 7.81. The van der Waals surface area contributed by atoms with E-state index in [1.54, 1.807) is 0 Å². The van der Waals surface area contributed by atoms with Crippen LogP contribution in [0.25, 0.3) is 0 Å². The van der Waals surface area contributed by atoms with Gasteiger partial charge in [0.1, 0.15) is 0 Å². The van der Waals surface area contributed by atoms with Crippen molar-refractivity contribution in [1.82, 2.24) is 5.01 Å². The molecule has 1 saturated heterocycles. The van der Waals surface area contributed by atoms with Gasteiger partial charge in [0, 0.05) is 6.54 Å². The molecule has 1 fully saturated rings. The highest BCUT2D eigenvalue weighted by Gasteiger charge is 2.25. The average Bonchev–Trinajstić information content (AvgIpc) is 1.98. The minimum atomic E-state index is -0.153. The average molecular weight is 132 g/mol. The van der Waals surface area contributed by atoms with Crippen LogP contribution in [0.2, 0.25) is 0 Å². The molecule has 0 saturated carbocycles. The number of hydrazine groups is 1. The van der Waals surface area contributed by atoms with Crippen LogP contribution in [0.4, 0.5) is 0 Å². The molecule has 0 radical (unpaired) electrons. The maximum absolute atomic E-state index is 10.6. The predicted octanol–water partition coefficient (Wildman–Crippen LogP) is -0.609. The molecule has 0 aromatic carbocycles. The van der Waals surface area contributed by atoms with Gasteiger partial charge >= 0.3 is 0 Å². The van der Waals surface area contributed by atoms with E-state index in [1.165, 1.54) is 5.01 Å². The molecule has 3 nitrogen and oxygen atoms in total. The maximum Gasteiger partial charge on any atom is 0.249 e. The lowest BCUT2D eigenvalue weighted by molar-refractivity contribution is -0.127. The highest BCUT2D eigenvalue weighted by Crippen LogP contribution is 2.11. The van der Waals surface area contributed by atoms with Crippen molar-refractivity contribution in [2.75, 3.05) is 6.54 Å². The summed E-state index contributed by atoms with van der Waals surface area (Å²) in [7, 11) is 0. The number of carbonyl (C=O) groups is 1. The molecule has 0 aliphatic carbocycles. The Hall–Kier alpha value is -0.220. The summed E-state index contributed by atoms with van der Waals surface area (Å²) in [5.41, 5.74) is 0. The first-order valence-corrected chi connectivity index (χ1v) is 2.97. The Kier molecular flexibility index (Phi) is 1.44. The molecule has 1 aliphatic heterocycles. The van der Waals surface area contributed by atoms with Crippen LogP contribution in [-0.4, -0.2) is 22.7 Å². The fraction of sp³-hybridized carbons (Fsp3) is 0.750. The Morgan fingerprint density at radius 3 is 2.62 bits per heavy atom.